The first-order valence-corrected chi connectivity index (χ1v) is 8.25. The second-order valence-corrected chi connectivity index (χ2v) is 5.90. The molecule has 124 valence electrons. The number of anilines is 1. The number of carbonyl (C=O) groups excluding carboxylic acids is 1. The van der Waals surface area contributed by atoms with Gasteiger partial charge in [0.15, 0.2) is 0 Å². The van der Waals surface area contributed by atoms with Crippen LogP contribution in [0.3, 0.4) is 0 Å². The maximum absolute atomic E-state index is 12.2. The number of hydrazine groups is 1. The van der Waals surface area contributed by atoms with Gasteiger partial charge in [-0.1, -0.05) is 23.5 Å². The quantitative estimate of drug-likeness (QED) is 0.671. The molecule has 0 aliphatic rings. The Morgan fingerprint density at radius 1 is 1.25 bits per heavy atom. The van der Waals surface area contributed by atoms with Crippen molar-refractivity contribution < 1.29 is 14.3 Å². The predicted molar refractivity (Wildman–Crippen MR) is 94.9 cm³/mol. The normalized spacial score (nSPS) is 10.4. The van der Waals surface area contributed by atoms with E-state index in [9.17, 15) is 4.79 Å². The zero-order chi connectivity index (χ0) is 16.9. The molecule has 7 heteroatoms. The van der Waals surface area contributed by atoms with Crippen LogP contribution in [0.5, 0.6) is 11.5 Å². The van der Waals surface area contributed by atoms with Crippen LogP contribution in [0.15, 0.2) is 42.5 Å². The lowest BCUT2D eigenvalue weighted by Gasteiger charge is -2.06. The van der Waals surface area contributed by atoms with Crippen molar-refractivity contribution in [1.29, 1.82) is 0 Å². The molecule has 2 N–H and O–H groups in total. The third kappa shape index (κ3) is 3.41. The third-order valence-corrected chi connectivity index (χ3v) is 4.23. The maximum atomic E-state index is 12.2. The highest BCUT2D eigenvalue weighted by Gasteiger charge is 2.10. The molecule has 0 aliphatic carbocycles. The van der Waals surface area contributed by atoms with Crippen molar-refractivity contribution in [3.8, 4) is 11.5 Å². The Morgan fingerprint density at radius 3 is 2.88 bits per heavy atom. The molecule has 0 saturated heterocycles. The van der Waals surface area contributed by atoms with Crippen molar-refractivity contribution in [2.75, 3.05) is 19.1 Å². The van der Waals surface area contributed by atoms with E-state index >= 15 is 0 Å². The molecule has 0 unspecified atom stereocenters. The molecule has 0 fully saturated rings. The standard InChI is InChI=1S/C17H17N3O3S/c1-3-23-13-8-5-9-14-15(13)18-17(24-14)20-19-16(21)11-6-4-7-12(10-11)22-2/h4-10H,3H2,1-2H3,(H,18,20)(H,19,21). The van der Waals surface area contributed by atoms with Crippen molar-refractivity contribution in [1.82, 2.24) is 10.4 Å². The number of nitrogens with zero attached hydrogens (tertiary/aromatic N) is 1. The van der Waals surface area contributed by atoms with Crippen LogP contribution >= 0.6 is 11.3 Å². The molecule has 1 heterocycles. The van der Waals surface area contributed by atoms with Crippen molar-refractivity contribution in [2.24, 2.45) is 0 Å². The fourth-order valence-corrected chi connectivity index (χ4v) is 3.03. The van der Waals surface area contributed by atoms with E-state index in [4.69, 9.17) is 9.47 Å². The number of para-hydroxylation sites is 1. The Morgan fingerprint density at radius 2 is 2.08 bits per heavy atom. The second kappa shape index (κ2) is 7.18. The fraction of sp³-hybridized carbons (Fsp3) is 0.176. The molecule has 1 aromatic heterocycles. The fourth-order valence-electron chi connectivity index (χ4n) is 2.20. The molecule has 3 rings (SSSR count). The smallest absolute Gasteiger partial charge is 0.269 e. The Kier molecular flexibility index (Phi) is 4.81. The first-order chi connectivity index (χ1) is 11.7. The molecule has 0 bridgehead atoms. The molecule has 0 atom stereocenters. The van der Waals surface area contributed by atoms with Gasteiger partial charge < -0.3 is 9.47 Å². The summed E-state index contributed by atoms with van der Waals surface area (Å²) in [5.41, 5.74) is 6.77. The summed E-state index contributed by atoms with van der Waals surface area (Å²) >= 11 is 1.44. The summed E-state index contributed by atoms with van der Waals surface area (Å²) < 4.78 is 11.7. The SMILES string of the molecule is CCOc1cccc2sc(NNC(=O)c3cccc(OC)c3)nc12. The summed E-state index contributed by atoms with van der Waals surface area (Å²) in [5.74, 6) is 1.10. The molecule has 24 heavy (non-hydrogen) atoms. The van der Waals surface area contributed by atoms with E-state index in [1.54, 1.807) is 31.4 Å². The number of rotatable bonds is 6. The molecule has 1 amide bonds. The van der Waals surface area contributed by atoms with Gasteiger partial charge in [0.1, 0.15) is 17.0 Å². The number of ether oxygens (including phenoxy) is 2. The lowest BCUT2D eigenvalue weighted by molar-refractivity contribution is 0.0962. The third-order valence-electron chi connectivity index (χ3n) is 3.30. The Balaban J connectivity index is 1.73. The monoisotopic (exact) mass is 343 g/mol. The number of amides is 1. The van der Waals surface area contributed by atoms with Crippen LogP contribution in [0.2, 0.25) is 0 Å². The topological polar surface area (TPSA) is 72.5 Å². The Labute approximate surface area is 143 Å². The van der Waals surface area contributed by atoms with Gasteiger partial charge in [-0.05, 0) is 37.3 Å². The zero-order valence-corrected chi connectivity index (χ0v) is 14.1. The molecular formula is C17H17N3O3S. The number of nitrogens with one attached hydrogen (secondary N) is 2. The number of benzene rings is 2. The largest absolute Gasteiger partial charge is 0.497 e. The van der Waals surface area contributed by atoms with Gasteiger partial charge in [0.2, 0.25) is 5.13 Å². The number of aromatic nitrogens is 1. The minimum atomic E-state index is -0.266. The summed E-state index contributed by atoms with van der Waals surface area (Å²) in [6.07, 6.45) is 0. The van der Waals surface area contributed by atoms with Crippen LogP contribution in [0.4, 0.5) is 5.13 Å². The number of fused-ring (bicyclic) bond motifs is 1. The zero-order valence-electron chi connectivity index (χ0n) is 13.3. The molecule has 2 aromatic carbocycles. The molecule has 6 nitrogen and oxygen atoms in total. The van der Waals surface area contributed by atoms with Crippen LogP contribution in [0.1, 0.15) is 17.3 Å². The van der Waals surface area contributed by atoms with Gasteiger partial charge in [-0.2, -0.15) is 0 Å². The molecule has 0 radical (unpaired) electrons. The summed E-state index contributed by atoms with van der Waals surface area (Å²) in [7, 11) is 1.56. The van der Waals surface area contributed by atoms with Crippen LogP contribution in [-0.2, 0) is 0 Å². The van der Waals surface area contributed by atoms with E-state index in [0.717, 1.165) is 16.0 Å². The molecule has 3 aromatic rings. The average Bonchev–Trinajstić information content (AvgIpc) is 3.04. The van der Waals surface area contributed by atoms with Gasteiger partial charge in [-0.3, -0.25) is 15.6 Å². The lowest BCUT2D eigenvalue weighted by atomic mass is 10.2. The number of carbonyl (C=O) groups is 1. The molecule has 0 saturated carbocycles. The van der Waals surface area contributed by atoms with Gasteiger partial charge in [0, 0.05) is 5.56 Å². The van der Waals surface area contributed by atoms with E-state index in [-0.39, 0.29) is 5.91 Å². The van der Waals surface area contributed by atoms with Crippen molar-refractivity contribution >= 4 is 32.6 Å². The first-order valence-electron chi connectivity index (χ1n) is 7.44. The minimum Gasteiger partial charge on any atom is -0.497 e. The molecule has 0 spiro atoms. The number of hydrogen-bond acceptors (Lipinski definition) is 6. The van der Waals surface area contributed by atoms with Crippen molar-refractivity contribution in [2.45, 2.75) is 6.92 Å². The Hall–Kier alpha value is -2.80. The van der Waals surface area contributed by atoms with Gasteiger partial charge in [0.05, 0.1) is 18.4 Å². The highest BCUT2D eigenvalue weighted by molar-refractivity contribution is 7.22. The van der Waals surface area contributed by atoms with E-state index in [0.29, 0.717) is 23.1 Å². The van der Waals surface area contributed by atoms with Crippen molar-refractivity contribution in [3.63, 3.8) is 0 Å². The van der Waals surface area contributed by atoms with E-state index in [2.05, 4.69) is 15.8 Å². The van der Waals surface area contributed by atoms with E-state index in [1.165, 1.54) is 11.3 Å². The maximum Gasteiger partial charge on any atom is 0.269 e. The van der Waals surface area contributed by atoms with E-state index < -0.39 is 0 Å². The summed E-state index contributed by atoms with van der Waals surface area (Å²) in [4.78, 5) is 16.7. The summed E-state index contributed by atoms with van der Waals surface area (Å²) in [6.45, 7) is 2.50. The van der Waals surface area contributed by atoms with Crippen LogP contribution in [-0.4, -0.2) is 24.6 Å². The minimum absolute atomic E-state index is 0.266. The number of methoxy groups -OCH3 is 1. The highest BCUT2D eigenvalue weighted by Crippen LogP contribution is 2.31. The van der Waals surface area contributed by atoms with Gasteiger partial charge in [-0.25, -0.2) is 4.98 Å². The Bertz CT molecular complexity index is 863. The van der Waals surface area contributed by atoms with Gasteiger partial charge in [-0.15, -0.1) is 0 Å². The van der Waals surface area contributed by atoms with Crippen LogP contribution in [0, 0.1) is 0 Å². The van der Waals surface area contributed by atoms with Crippen molar-refractivity contribution in [3.05, 3.63) is 48.0 Å². The summed E-state index contributed by atoms with van der Waals surface area (Å²) in [5, 5.41) is 0.591. The number of hydrogen-bond donors (Lipinski definition) is 2. The first kappa shape index (κ1) is 16.1. The van der Waals surface area contributed by atoms with E-state index in [1.807, 2.05) is 25.1 Å². The van der Waals surface area contributed by atoms with Gasteiger partial charge in [0.25, 0.3) is 5.91 Å². The highest BCUT2D eigenvalue weighted by atomic mass is 32.1. The summed E-state index contributed by atoms with van der Waals surface area (Å²) in [6, 6.07) is 12.7. The lowest BCUT2D eigenvalue weighted by Crippen LogP contribution is -2.29. The van der Waals surface area contributed by atoms with Crippen LogP contribution < -0.4 is 20.3 Å². The molecule has 0 aliphatic heterocycles. The van der Waals surface area contributed by atoms with Gasteiger partial charge >= 0.3 is 0 Å². The van der Waals surface area contributed by atoms with Crippen LogP contribution in [0.25, 0.3) is 10.2 Å². The molecular weight excluding hydrogens is 326 g/mol. The predicted octanol–water partition coefficient (Wildman–Crippen LogP) is 3.46. The average molecular weight is 343 g/mol. The second-order valence-electron chi connectivity index (χ2n) is 4.87. The number of thiazole rings is 1.